The molecule has 7 heteroatoms. The molecule has 0 bridgehead atoms. The van der Waals surface area contributed by atoms with Gasteiger partial charge in [-0.2, -0.15) is 4.98 Å². The van der Waals surface area contributed by atoms with Gasteiger partial charge >= 0.3 is 5.97 Å². The summed E-state index contributed by atoms with van der Waals surface area (Å²) < 4.78 is 15.4. The van der Waals surface area contributed by atoms with Gasteiger partial charge in [-0.05, 0) is 19.1 Å². The Hall–Kier alpha value is -2.41. The minimum absolute atomic E-state index is 0.0455. The first-order chi connectivity index (χ1) is 9.70. The van der Waals surface area contributed by atoms with E-state index in [0.29, 0.717) is 23.7 Å². The van der Waals surface area contributed by atoms with Crippen LogP contribution in [0.3, 0.4) is 0 Å². The minimum atomic E-state index is -1.05. The van der Waals surface area contributed by atoms with Crippen molar-refractivity contribution in [3.05, 3.63) is 30.2 Å². The summed E-state index contributed by atoms with van der Waals surface area (Å²) in [5.74, 6) is 0.204. The second kappa shape index (κ2) is 6.67. The molecule has 7 nitrogen and oxygen atoms in total. The Bertz CT molecular complexity index is 582. The van der Waals surface area contributed by atoms with Crippen LogP contribution in [0, 0.1) is 0 Å². The summed E-state index contributed by atoms with van der Waals surface area (Å²) >= 11 is 0. The normalized spacial score (nSPS) is 10.4. The SMILES string of the molecule is CCOc1ccccc1-c1noc(COCC(=O)O)n1. The van der Waals surface area contributed by atoms with Crippen LogP contribution in [0.5, 0.6) is 5.75 Å². The number of carbonyl (C=O) groups is 1. The fourth-order valence-corrected chi connectivity index (χ4v) is 1.58. The third-order valence-electron chi connectivity index (χ3n) is 2.35. The van der Waals surface area contributed by atoms with Gasteiger partial charge in [-0.25, -0.2) is 4.79 Å². The van der Waals surface area contributed by atoms with Gasteiger partial charge in [-0.3, -0.25) is 0 Å². The standard InChI is InChI=1S/C13H14N2O5/c1-2-19-10-6-4-3-5-9(10)13-14-11(20-15-13)7-18-8-12(16)17/h3-6H,2,7-8H2,1H3,(H,16,17). The molecule has 0 aliphatic rings. The van der Waals surface area contributed by atoms with E-state index in [1.807, 2.05) is 31.2 Å². The molecule has 0 amide bonds. The van der Waals surface area contributed by atoms with Crippen LogP contribution < -0.4 is 4.74 Å². The number of hydrogen-bond acceptors (Lipinski definition) is 6. The van der Waals surface area contributed by atoms with E-state index in [0.717, 1.165) is 0 Å². The lowest BCUT2D eigenvalue weighted by atomic mass is 10.2. The molecule has 0 aliphatic carbocycles. The molecule has 0 radical (unpaired) electrons. The lowest BCUT2D eigenvalue weighted by molar-refractivity contribution is -0.142. The van der Waals surface area contributed by atoms with Crippen molar-refractivity contribution in [1.82, 2.24) is 10.1 Å². The Kier molecular flexibility index (Phi) is 4.67. The molecule has 0 aliphatic heterocycles. The van der Waals surface area contributed by atoms with Crippen molar-refractivity contribution >= 4 is 5.97 Å². The molecule has 20 heavy (non-hydrogen) atoms. The van der Waals surface area contributed by atoms with Crippen LogP contribution in [-0.2, 0) is 16.1 Å². The van der Waals surface area contributed by atoms with Crippen LogP contribution in [0.2, 0.25) is 0 Å². The van der Waals surface area contributed by atoms with Crippen molar-refractivity contribution in [2.45, 2.75) is 13.5 Å². The molecule has 2 rings (SSSR count). The number of carboxylic acids is 1. The highest BCUT2D eigenvalue weighted by atomic mass is 16.5. The summed E-state index contributed by atoms with van der Waals surface area (Å²) in [5.41, 5.74) is 0.711. The number of nitrogens with zero attached hydrogens (tertiary/aromatic N) is 2. The first kappa shape index (κ1) is 14.0. The maximum Gasteiger partial charge on any atom is 0.329 e. The van der Waals surface area contributed by atoms with Crippen LogP contribution in [-0.4, -0.2) is 34.4 Å². The fraction of sp³-hybridized carbons (Fsp3) is 0.308. The highest BCUT2D eigenvalue weighted by molar-refractivity contribution is 5.68. The summed E-state index contributed by atoms with van der Waals surface area (Å²) in [5, 5.41) is 12.3. The van der Waals surface area contributed by atoms with E-state index >= 15 is 0 Å². The van der Waals surface area contributed by atoms with Gasteiger partial charge in [-0.15, -0.1) is 0 Å². The summed E-state index contributed by atoms with van der Waals surface area (Å²) in [6, 6.07) is 7.33. The van der Waals surface area contributed by atoms with Gasteiger partial charge in [0.1, 0.15) is 19.0 Å². The third-order valence-corrected chi connectivity index (χ3v) is 2.35. The quantitative estimate of drug-likeness (QED) is 0.824. The van der Waals surface area contributed by atoms with Crippen molar-refractivity contribution in [1.29, 1.82) is 0 Å². The Labute approximate surface area is 115 Å². The Morgan fingerprint density at radius 2 is 2.20 bits per heavy atom. The Balaban J connectivity index is 2.10. The zero-order valence-corrected chi connectivity index (χ0v) is 10.9. The van der Waals surface area contributed by atoms with Crippen LogP contribution in [0.25, 0.3) is 11.4 Å². The maximum absolute atomic E-state index is 10.3. The first-order valence-electron chi connectivity index (χ1n) is 6.05. The molecule has 1 aromatic carbocycles. The lowest BCUT2D eigenvalue weighted by Crippen LogP contribution is -2.06. The average molecular weight is 278 g/mol. The van der Waals surface area contributed by atoms with E-state index in [2.05, 4.69) is 10.1 Å². The summed E-state index contributed by atoms with van der Waals surface area (Å²) in [6.07, 6.45) is 0. The first-order valence-corrected chi connectivity index (χ1v) is 6.05. The van der Waals surface area contributed by atoms with E-state index in [-0.39, 0.29) is 12.5 Å². The second-order valence-electron chi connectivity index (χ2n) is 3.83. The molecule has 0 unspecified atom stereocenters. The third kappa shape index (κ3) is 3.55. The van der Waals surface area contributed by atoms with Crippen molar-refractivity contribution in [2.24, 2.45) is 0 Å². The number of aromatic nitrogens is 2. The molecule has 0 saturated heterocycles. The van der Waals surface area contributed by atoms with Gasteiger partial charge in [0.25, 0.3) is 5.89 Å². The minimum Gasteiger partial charge on any atom is -0.493 e. The van der Waals surface area contributed by atoms with Gasteiger partial charge in [0, 0.05) is 0 Å². The fourth-order valence-electron chi connectivity index (χ4n) is 1.58. The highest BCUT2D eigenvalue weighted by Crippen LogP contribution is 2.27. The summed E-state index contributed by atoms with van der Waals surface area (Å²) in [7, 11) is 0. The van der Waals surface area contributed by atoms with Crippen molar-refractivity contribution in [3.63, 3.8) is 0 Å². The number of ether oxygens (including phenoxy) is 2. The lowest BCUT2D eigenvalue weighted by Gasteiger charge is -2.05. The number of benzene rings is 1. The molecule has 2 aromatic rings. The zero-order valence-electron chi connectivity index (χ0n) is 10.9. The van der Waals surface area contributed by atoms with Gasteiger partial charge in [0.2, 0.25) is 5.82 Å². The zero-order chi connectivity index (χ0) is 14.4. The van der Waals surface area contributed by atoms with Gasteiger partial charge in [-0.1, -0.05) is 17.3 Å². The summed E-state index contributed by atoms with van der Waals surface area (Å²) in [4.78, 5) is 14.5. The van der Waals surface area contributed by atoms with E-state index in [9.17, 15) is 4.79 Å². The topological polar surface area (TPSA) is 94.7 Å². The predicted octanol–water partition coefficient (Wildman–Crippen LogP) is 1.74. The maximum atomic E-state index is 10.3. The predicted molar refractivity (Wildman–Crippen MR) is 68.2 cm³/mol. The molecule has 0 saturated carbocycles. The van der Waals surface area contributed by atoms with Crippen LogP contribution >= 0.6 is 0 Å². The molecular formula is C13H14N2O5. The smallest absolute Gasteiger partial charge is 0.329 e. The van der Waals surface area contributed by atoms with Crippen molar-refractivity contribution < 1.29 is 23.9 Å². The van der Waals surface area contributed by atoms with E-state index < -0.39 is 12.6 Å². The van der Waals surface area contributed by atoms with E-state index in [4.69, 9.17) is 19.1 Å². The number of para-hydroxylation sites is 1. The van der Waals surface area contributed by atoms with E-state index in [1.165, 1.54) is 0 Å². The molecule has 0 atom stereocenters. The Morgan fingerprint density at radius 1 is 1.40 bits per heavy atom. The number of rotatable bonds is 7. The van der Waals surface area contributed by atoms with Gasteiger partial charge in [0.05, 0.1) is 12.2 Å². The molecule has 0 spiro atoms. The second-order valence-corrected chi connectivity index (χ2v) is 3.83. The van der Waals surface area contributed by atoms with Crippen molar-refractivity contribution in [3.8, 4) is 17.1 Å². The van der Waals surface area contributed by atoms with Crippen LogP contribution in [0.1, 0.15) is 12.8 Å². The largest absolute Gasteiger partial charge is 0.493 e. The average Bonchev–Trinajstić information content (AvgIpc) is 2.88. The molecule has 1 heterocycles. The highest BCUT2D eigenvalue weighted by Gasteiger charge is 2.13. The number of carboxylic acid groups (broad SMARTS) is 1. The number of aliphatic carboxylic acids is 1. The van der Waals surface area contributed by atoms with Gasteiger partial charge in [0.15, 0.2) is 0 Å². The van der Waals surface area contributed by atoms with Crippen LogP contribution in [0.15, 0.2) is 28.8 Å². The van der Waals surface area contributed by atoms with Gasteiger partial charge < -0.3 is 19.1 Å². The summed E-state index contributed by atoms with van der Waals surface area (Å²) in [6.45, 7) is 1.96. The molecule has 106 valence electrons. The monoisotopic (exact) mass is 278 g/mol. The van der Waals surface area contributed by atoms with Crippen LogP contribution in [0.4, 0.5) is 0 Å². The molecule has 1 N–H and O–H groups in total. The van der Waals surface area contributed by atoms with E-state index in [1.54, 1.807) is 0 Å². The molecule has 1 aromatic heterocycles. The molecule has 0 fully saturated rings. The number of hydrogen-bond donors (Lipinski definition) is 1. The van der Waals surface area contributed by atoms with Crippen molar-refractivity contribution in [2.75, 3.05) is 13.2 Å². The molecular weight excluding hydrogens is 264 g/mol. The Morgan fingerprint density at radius 3 is 2.95 bits per heavy atom.